The first kappa shape index (κ1) is 16.9. The van der Waals surface area contributed by atoms with E-state index in [0.717, 1.165) is 23.6 Å². The van der Waals surface area contributed by atoms with E-state index in [1.807, 2.05) is 18.2 Å². The molecule has 1 aromatic carbocycles. The fraction of sp³-hybridized carbons (Fsp3) is 0.381. The van der Waals surface area contributed by atoms with E-state index in [2.05, 4.69) is 20.8 Å². The third-order valence-corrected chi connectivity index (χ3v) is 4.91. The maximum Gasteiger partial charge on any atom is 0.336 e. The Morgan fingerprint density at radius 2 is 2.00 bits per heavy atom. The lowest BCUT2D eigenvalue weighted by Gasteiger charge is -2.08. The van der Waals surface area contributed by atoms with Crippen LogP contribution in [0.25, 0.3) is 21.9 Å². The maximum absolute atomic E-state index is 11.6. The SMILES string of the molecule is C/C(=C\COc1c2occc2cc2ccc(=O)oc12)CC[C@H]1OC1(C)C. The van der Waals surface area contributed by atoms with Crippen LogP contribution in [0, 0.1) is 0 Å². The first-order valence-electron chi connectivity index (χ1n) is 8.84. The third-order valence-electron chi connectivity index (χ3n) is 4.91. The molecular formula is C21H22O5. The van der Waals surface area contributed by atoms with E-state index in [1.54, 1.807) is 12.3 Å². The van der Waals surface area contributed by atoms with Crippen LogP contribution < -0.4 is 10.4 Å². The Labute approximate surface area is 151 Å². The van der Waals surface area contributed by atoms with Crippen LogP contribution in [0.15, 0.2) is 55.8 Å². The van der Waals surface area contributed by atoms with Crippen LogP contribution in [0.1, 0.15) is 33.6 Å². The first-order chi connectivity index (χ1) is 12.4. The molecular weight excluding hydrogens is 332 g/mol. The molecule has 5 heteroatoms. The highest BCUT2D eigenvalue weighted by Crippen LogP contribution is 2.39. The second kappa shape index (κ2) is 6.32. The van der Waals surface area contributed by atoms with Gasteiger partial charge in [-0.15, -0.1) is 0 Å². The van der Waals surface area contributed by atoms with Gasteiger partial charge in [0.2, 0.25) is 5.75 Å². The predicted molar refractivity (Wildman–Crippen MR) is 99.7 cm³/mol. The van der Waals surface area contributed by atoms with E-state index in [0.29, 0.717) is 29.6 Å². The van der Waals surface area contributed by atoms with Crippen molar-refractivity contribution in [2.45, 2.75) is 45.3 Å². The Morgan fingerprint density at radius 3 is 2.77 bits per heavy atom. The number of ether oxygens (including phenoxy) is 2. The molecule has 5 nitrogen and oxygen atoms in total. The van der Waals surface area contributed by atoms with E-state index in [1.165, 1.54) is 11.6 Å². The summed E-state index contributed by atoms with van der Waals surface area (Å²) in [6.07, 6.45) is 5.98. The van der Waals surface area contributed by atoms with Gasteiger partial charge in [0.25, 0.3) is 0 Å². The van der Waals surface area contributed by atoms with Crippen molar-refractivity contribution < 1.29 is 18.3 Å². The van der Waals surface area contributed by atoms with Gasteiger partial charge in [-0.25, -0.2) is 4.79 Å². The van der Waals surface area contributed by atoms with Gasteiger partial charge in [-0.2, -0.15) is 0 Å². The maximum atomic E-state index is 11.6. The number of hydrogen-bond acceptors (Lipinski definition) is 5. The monoisotopic (exact) mass is 354 g/mol. The lowest BCUT2D eigenvalue weighted by atomic mass is 10.0. The van der Waals surface area contributed by atoms with Crippen molar-refractivity contribution in [3.63, 3.8) is 0 Å². The molecule has 1 saturated heterocycles. The Kier molecular flexibility index (Phi) is 4.11. The summed E-state index contributed by atoms with van der Waals surface area (Å²) in [6, 6.07) is 6.93. The summed E-state index contributed by atoms with van der Waals surface area (Å²) in [5.41, 5.74) is 1.87. The van der Waals surface area contributed by atoms with E-state index in [4.69, 9.17) is 18.3 Å². The topological polar surface area (TPSA) is 65.1 Å². The fourth-order valence-electron chi connectivity index (χ4n) is 3.20. The molecule has 0 N–H and O–H groups in total. The summed E-state index contributed by atoms with van der Waals surface area (Å²) < 4.78 is 22.5. The molecule has 2 aromatic heterocycles. The van der Waals surface area contributed by atoms with Gasteiger partial charge in [-0.05, 0) is 57.9 Å². The van der Waals surface area contributed by atoms with Gasteiger partial charge in [0.1, 0.15) is 6.61 Å². The summed E-state index contributed by atoms with van der Waals surface area (Å²) in [5.74, 6) is 0.468. The zero-order chi connectivity index (χ0) is 18.3. The molecule has 0 bridgehead atoms. The van der Waals surface area contributed by atoms with E-state index >= 15 is 0 Å². The molecule has 0 spiro atoms. The second-order valence-electron chi connectivity index (χ2n) is 7.33. The number of fused-ring (bicyclic) bond motifs is 2. The zero-order valence-electron chi connectivity index (χ0n) is 15.2. The Balaban J connectivity index is 1.52. The Hall–Kier alpha value is -2.53. The molecule has 0 amide bonds. The molecule has 3 aromatic rings. The molecule has 3 heterocycles. The van der Waals surface area contributed by atoms with Gasteiger partial charge in [0, 0.05) is 16.8 Å². The number of rotatable bonds is 6. The van der Waals surface area contributed by atoms with E-state index in [9.17, 15) is 4.79 Å². The molecule has 1 aliphatic rings. The average Bonchev–Trinajstić information content (AvgIpc) is 2.99. The van der Waals surface area contributed by atoms with E-state index in [-0.39, 0.29) is 5.60 Å². The van der Waals surface area contributed by atoms with Gasteiger partial charge in [-0.3, -0.25) is 0 Å². The van der Waals surface area contributed by atoms with Crippen molar-refractivity contribution in [2.24, 2.45) is 0 Å². The normalized spacial score (nSPS) is 19.2. The highest BCUT2D eigenvalue weighted by Gasteiger charge is 2.46. The van der Waals surface area contributed by atoms with Crippen LogP contribution in [-0.2, 0) is 4.74 Å². The number of benzene rings is 1. The van der Waals surface area contributed by atoms with Gasteiger partial charge >= 0.3 is 5.63 Å². The molecule has 26 heavy (non-hydrogen) atoms. The summed E-state index contributed by atoms with van der Waals surface area (Å²) in [5, 5.41) is 1.72. The highest BCUT2D eigenvalue weighted by atomic mass is 16.6. The van der Waals surface area contributed by atoms with Crippen LogP contribution in [0.5, 0.6) is 5.75 Å². The minimum Gasteiger partial charge on any atom is -0.482 e. The van der Waals surface area contributed by atoms with Crippen LogP contribution >= 0.6 is 0 Å². The average molecular weight is 354 g/mol. The number of allylic oxidation sites excluding steroid dienone is 1. The smallest absolute Gasteiger partial charge is 0.336 e. The summed E-state index contributed by atoms with van der Waals surface area (Å²) in [4.78, 5) is 11.6. The van der Waals surface area contributed by atoms with Gasteiger partial charge in [0.15, 0.2) is 11.2 Å². The molecule has 1 fully saturated rings. The number of furan rings is 1. The predicted octanol–water partition coefficient (Wildman–Crippen LogP) is 4.82. The second-order valence-corrected chi connectivity index (χ2v) is 7.33. The van der Waals surface area contributed by atoms with Crippen molar-refractivity contribution >= 4 is 21.9 Å². The molecule has 136 valence electrons. The van der Waals surface area contributed by atoms with Crippen molar-refractivity contribution in [1.29, 1.82) is 0 Å². The molecule has 0 aliphatic carbocycles. The number of hydrogen-bond donors (Lipinski definition) is 0. The molecule has 4 rings (SSSR count). The van der Waals surface area contributed by atoms with Crippen molar-refractivity contribution in [3.8, 4) is 5.75 Å². The largest absolute Gasteiger partial charge is 0.482 e. The van der Waals surface area contributed by atoms with Gasteiger partial charge < -0.3 is 18.3 Å². The van der Waals surface area contributed by atoms with E-state index < -0.39 is 5.63 Å². The fourth-order valence-corrected chi connectivity index (χ4v) is 3.20. The van der Waals surface area contributed by atoms with Gasteiger partial charge in [-0.1, -0.05) is 5.57 Å². The van der Waals surface area contributed by atoms with Crippen molar-refractivity contribution in [3.05, 3.63) is 52.6 Å². The van der Waals surface area contributed by atoms with Crippen molar-refractivity contribution in [1.82, 2.24) is 0 Å². The number of epoxide rings is 1. The quantitative estimate of drug-likeness (QED) is 0.361. The molecule has 1 aliphatic heterocycles. The lowest BCUT2D eigenvalue weighted by Crippen LogP contribution is -2.03. The van der Waals surface area contributed by atoms with Crippen molar-refractivity contribution in [2.75, 3.05) is 6.61 Å². The minimum atomic E-state index is -0.410. The molecule has 0 saturated carbocycles. The highest BCUT2D eigenvalue weighted by molar-refractivity contribution is 5.99. The summed E-state index contributed by atoms with van der Waals surface area (Å²) in [6.45, 7) is 6.70. The molecule has 1 atom stereocenters. The minimum absolute atomic E-state index is 0.0299. The standard InChI is InChI=1S/C21H22O5/c1-13(4-6-16-21(2,3)26-16)8-10-24-20-18-15(9-11-23-18)12-14-5-7-17(22)25-19(14)20/h5,7-9,11-12,16H,4,6,10H2,1-3H3/b13-8+/t16-/m1/s1. The lowest BCUT2D eigenvalue weighted by molar-refractivity contribution is 0.320. The summed E-state index contributed by atoms with van der Waals surface area (Å²) >= 11 is 0. The zero-order valence-corrected chi connectivity index (χ0v) is 15.2. The molecule has 0 radical (unpaired) electrons. The third kappa shape index (κ3) is 3.27. The Bertz CT molecular complexity index is 1040. The van der Waals surface area contributed by atoms with Crippen LogP contribution in [0.2, 0.25) is 0 Å². The first-order valence-corrected chi connectivity index (χ1v) is 8.84. The van der Waals surface area contributed by atoms with Crippen LogP contribution in [0.3, 0.4) is 0 Å². The van der Waals surface area contributed by atoms with Crippen LogP contribution in [-0.4, -0.2) is 18.3 Å². The summed E-state index contributed by atoms with van der Waals surface area (Å²) in [7, 11) is 0. The van der Waals surface area contributed by atoms with Crippen LogP contribution in [0.4, 0.5) is 0 Å². The van der Waals surface area contributed by atoms with Gasteiger partial charge in [0.05, 0.1) is 18.0 Å². The Morgan fingerprint density at radius 1 is 1.23 bits per heavy atom. The molecule has 0 unspecified atom stereocenters.